The SMILES string of the molecule is Cc1ccccc1-n1c(=S)[nH]c2sc3c(c2c1=O)CC[C@H](C(C)(C)C)C3. The summed E-state index contributed by atoms with van der Waals surface area (Å²) < 4.78 is 2.14. The Kier molecular flexibility index (Phi) is 4.20. The molecule has 0 aliphatic heterocycles. The molecule has 0 radical (unpaired) electrons. The van der Waals surface area contributed by atoms with Gasteiger partial charge < -0.3 is 4.98 Å². The maximum absolute atomic E-state index is 13.4. The third-order valence-electron chi connectivity index (χ3n) is 5.69. The second-order valence-electron chi connectivity index (χ2n) is 8.37. The van der Waals surface area contributed by atoms with Crippen LogP contribution in [0, 0.1) is 23.0 Å². The Bertz CT molecular complexity index is 1110. The number of aryl methyl sites for hydroxylation is 2. The maximum atomic E-state index is 13.4. The van der Waals surface area contributed by atoms with Crippen LogP contribution < -0.4 is 5.56 Å². The first-order chi connectivity index (χ1) is 12.3. The van der Waals surface area contributed by atoms with Crippen molar-refractivity contribution in [1.82, 2.24) is 9.55 Å². The number of aromatic amines is 1. The van der Waals surface area contributed by atoms with E-state index in [2.05, 4.69) is 25.8 Å². The Morgan fingerprint density at radius 1 is 1.27 bits per heavy atom. The Morgan fingerprint density at radius 3 is 2.69 bits per heavy atom. The smallest absolute Gasteiger partial charge is 0.267 e. The van der Waals surface area contributed by atoms with Gasteiger partial charge in [0.2, 0.25) is 0 Å². The molecule has 0 saturated heterocycles. The normalized spacial score (nSPS) is 17.5. The Morgan fingerprint density at radius 2 is 2.00 bits per heavy atom. The molecule has 3 aromatic rings. The number of hydrogen-bond acceptors (Lipinski definition) is 3. The molecule has 1 aliphatic rings. The monoisotopic (exact) mass is 384 g/mol. The highest BCUT2D eigenvalue weighted by Gasteiger charge is 2.31. The van der Waals surface area contributed by atoms with E-state index in [9.17, 15) is 4.79 Å². The number of thiophene rings is 1. The molecule has 0 spiro atoms. The lowest BCUT2D eigenvalue weighted by atomic mass is 9.72. The number of H-pyrrole nitrogens is 1. The van der Waals surface area contributed by atoms with Gasteiger partial charge in [-0.15, -0.1) is 11.3 Å². The van der Waals surface area contributed by atoms with Crippen LogP contribution in [0.4, 0.5) is 0 Å². The van der Waals surface area contributed by atoms with Crippen molar-refractivity contribution in [2.24, 2.45) is 11.3 Å². The molecule has 1 aliphatic carbocycles. The summed E-state index contributed by atoms with van der Waals surface area (Å²) in [6.45, 7) is 8.95. The molecule has 136 valence electrons. The standard InChI is InChI=1S/C21H24N2OS2/c1-12-7-5-6-8-15(12)23-19(24)17-14-10-9-13(21(2,3)4)11-16(14)26-18(17)22-20(23)25/h5-8,13H,9-11H2,1-4H3,(H,22,25)/t13-/m0/s1. The van der Waals surface area contributed by atoms with Crippen molar-refractivity contribution < 1.29 is 0 Å². The summed E-state index contributed by atoms with van der Waals surface area (Å²) in [5, 5.41) is 0.842. The number of nitrogens with one attached hydrogen (secondary N) is 1. The molecule has 4 rings (SSSR count). The van der Waals surface area contributed by atoms with Crippen LogP contribution in [0.1, 0.15) is 43.2 Å². The lowest BCUT2D eigenvalue weighted by Gasteiger charge is -2.33. The minimum atomic E-state index is 0.0183. The van der Waals surface area contributed by atoms with E-state index < -0.39 is 0 Å². The van der Waals surface area contributed by atoms with Gasteiger partial charge >= 0.3 is 0 Å². The van der Waals surface area contributed by atoms with Crippen LogP contribution in [0.25, 0.3) is 15.9 Å². The van der Waals surface area contributed by atoms with Crippen molar-refractivity contribution in [3.63, 3.8) is 0 Å². The zero-order chi connectivity index (χ0) is 18.6. The number of para-hydroxylation sites is 1. The van der Waals surface area contributed by atoms with Crippen LogP contribution in [0.3, 0.4) is 0 Å². The molecule has 2 heterocycles. The molecule has 0 fully saturated rings. The fourth-order valence-corrected chi connectivity index (χ4v) is 5.70. The van der Waals surface area contributed by atoms with Gasteiger partial charge in [0, 0.05) is 4.88 Å². The second kappa shape index (κ2) is 6.17. The largest absolute Gasteiger partial charge is 0.323 e. The molecule has 1 aromatic carbocycles. The van der Waals surface area contributed by atoms with Crippen LogP contribution >= 0.6 is 23.6 Å². The third-order valence-corrected chi connectivity index (χ3v) is 7.14. The first kappa shape index (κ1) is 17.7. The van der Waals surface area contributed by atoms with Gasteiger partial charge in [0.1, 0.15) is 4.83 Å². The van der Waals surface area contributed by atoms with Gasteiger partial charge in [0.25, 0.3) is 5.56 Å². The van der Waals surface area contributed by atoms with Gasteiger partial charge in [-0.3, -0.25) is 9.36 Å². The van der Waals surface area contributed by atoms with Gasteiger partial charge in [0.05, 0.1) is 11.1 Å². The molecule has 0 amide bonds. The van der Waals surface area contributed by atoms with Gasteiger partial charge in [-0.05, 0) is 66.9 Å². The predicted octanol–water partition coefficient (Wildman–Crippen LogP) is 5.57. The van der Waals surface area contributed by atoms with Crippen molar-refractivity contribution in [3.05, 3.63) is 55.4 Å². The van der Waals surface area contributed by atoms with Crippen LogP contribution in [-0.4, -0.2) is 9.55 Å². The average Bonchev–Trinajstić information content (AvgIpc) is 2.93. The lowest BCUT2D eigenvalue weighted by Crippen LogP contribution is -2.27. The van der Waals surface area contributed by atoms with Crippen molar-refractivity contribution in [1.29, 1.82) is 0 Å². The van der Waals surface area contributed by atoms with E-state index in [1.165, 1.54) is 10.4 Å². The Balaban J connectivity index is 1.94. The maximum Gasteiger partial charge on any atom is 0.267 e. The van der Waals surface area contributed by atoms with Gasteiger partial charge in [-0.2, -0.15) is 0 Å². The number of aromatic nitrogens is 2. The number of fused-ring (bicyclic) bond motifs is 3. The highest BCUT2D eigenvalue weighted by molar-refractivity contribution is 7.71. The quantitative estimate of drug-likeness (QED) is 0.557. The van der Waals surface area contributed by atoms with E-state index in [4.69, 9.17) is 12.2 Å². The number of rotatable bonds is 1. The molecule has 0 unspecified atom stereocenters. The highest BCUT2D eigenvalue weighted by atomic mass is 32.1. The fourth-order valence-electron chi connectivity index (χ4n) is 4.03. The topological polar surface area (TPSA) is 37.8 Å². The molecule has 1 N–H and O–H groups in total. The summed E-state index contributed by atoms with van der Waals surface area (Å²) in [6.07, 6.45) is 3.18. The molecule has 1 atom stereocenters. The molecule has 3 nitrogen and oxygen atoms in total. The van der Waals surface area contributed by atoms with E-state index >= 15 is 0 Å². The number of benzene rings is 1. The van der Waals surface area contributed by atoms with E-state index in [0.717, 1.165) is 40.7 Å². The first-order valence-electron chi connectivity index (χ1n) is 9.13. The Labute approximate surface area is 162 Å². The molecule has 2 aromatic heterocycles. The van der Waals surface area contributed by atoms with Gasteiger partial charge in [0.15, 0.2) is 4.77 Å². The molecule has 5 heteroatoms. The number of nitrogens with zero attached hydrogens (tertiary/aromatic N) is 1. The van der Waals surface area contributed by atoms with E-state index in [0.29, 0.717) is 16.1 Å². The van der Waals surface area contributed by atoms with Crippen LogP contribution in [0.2, 0.25) is 0 Å². The van der Waals surface area contributed by atoms with Crippen LogP contribution in [-0.2, 0) is 12.8 Å². The van der Waals surface area contributed by atoms with E-state index in [1.54, 1.807) is 15.9 Å². The van der Waals surface area contributed by atoms with Gasteiger partial charge in [-0.25, -0.2) is 0 Å². The summed E-state index contributed by atoms with van der Waals surface area (Å²) in [5.41, 5.74) is 3.46. The summed E-state index contributed by atoms with van der Waals surface area (Å²) in [5.74, 6) is 0.657. The van der Waals surface area contributed by atoms with Crippen molar-refractivity contribution >= 4 is 33.8 Å². The van der Waals surface area contributed by atoms with E-state index in [1.807, 2.05) is 31.2 Å². The average molecular weight is 385 g/mol. The number of hydrogen-bond donors (Lipinski definition) is 1. The summed E-state index contributed by atoms with van der Waals surface area (Å²) in [6, 6.07) is 7.90. The Hall–Kier alpha value is -1.72. The van der Waals surface area contributed by atoms with Crippen molar-refractivity contribution in [2.75, 3.05) is 0 Å². The highest BCUT2D eigenvalue weighted by Crippen LogP contribution is 2.42. The van der Waals surface area contributed by atoms with Crippen LogP contribution in [0.5, 0.6) is 0 Å². The minimum Gasteiger partial charge on any atom is -0.323 e. The van der Waals surface area contributed by atoms with E-state index in [-0.39, 0.29) is 5.56 Å². The van der Waals surface area contributed by atoms with Gasteiger partial charge in [-0.1, -0.05) is 39.0 Å². The summed E-state index contributed by atoms with van der Waals surface area (Å²) >= 11 is 7.27. The molecular formula is C21H24N2OS2. The predicted molar refractivity (Wildman–Crippen MR) is 112 cm³/mol. The molecule has 0 saturated carbocycles. The summed E-state index contributed by atoms with van der Waals surface area (Å²) in [7, 11) is 0. The van der Waals surface area contributed by atoms with Crippen LogP contribution in [0.15, 0.2) is 29.1 Å². The zero-order valence-corrected chi connectivity index (χ0v) is 17.3. The van der Waals surface area contributed by atoms with Crippen molar-refractivity contribution in [2.45, 2.75) is 47.0 Å². The minimum absolute atomic E-state index is 0.0183. The second-order valence-corrected chi connectivity index (χ2v) is 9.86. The molecule has 0 bridgehead atoms. The van der Waals surface area contributed by atoms with Crippen molar-refractivity contribution in [3.8, 4) is 5.69 Å². The lowest BCUT2D eigenvalue weighted by molar-refractivity contribution is 0.218. The zero-order valence-electron chi connectivity index (χ0n) is 15.7. The molecular weight excluding hydrogens is 360 g/mol. The summed E-state index contributed by atoms with van der Waals surface area (Å²) in [4.78, 5) is 19.0. The third kappa shape index (κ3) is 2.78. The molecule has 26 heavy (non-hydrogen) atoms. The first-order valence-corrected chi connectivity index (χ1v) is 10.4. The fraction of sp³-hybridized carbons (Fsp3) is 0.429.